The summed E-state index contributed by atoms with van der Waals surface area (Å²) in [5.74, 6) is 0.224. The van der Waals surface area contributed by atoms with E-state index in [1.54, 1.807) is 12.4 Å². The molecule has 1 aliphatic carbocycles. The Morgan fingerprint density at radius 1 is 1.24 bits per heavy atom. The van der Waals surface area contributed by atoms with Gasteiger partial charge in [-0.3, -0.25) is 9.78 Å². The van der Waals surface area contributed by atoms with Crippen LogP contribution in [0.25, 0.3) is 11.0 Å². The van der Waals surface area contributed by atoms with Gasteiger partial charge < -0.3 is 24.8 Å². The Balaban J connectivity index is 1.41. The van der Waals surface area contributed by atoms with Crippen molar-refractivity contribution in [1.82, 2.24) is 15.3 Å². The zero-order valence-electron chi connectivity index (χ0n) is 19.4. The second kappa shape index (κ2) is 11.1. The minimum atomic E-state index is -0.387. The fourth-order valence-corrected chi connectivity index (χ4v) is 4.32. The molecule has 1 saturated carbocycles. The van der Waals surface area contributed by atoms with Crippen LogP contribution in [0.4, 0.5) is 5.69 Å². The van der Waals surface area contributed by atoms with Crippen LogP contribution in [-0.4, -0.2) is 65.6 Å². The number of ether oxygens (including phenoxy) is 2. The summed E-state index contributed by atoms with van der Waals surface area (Å²) in [7, 11) is 0. The van der Waals surface area contributed by atoms with Gasteiger partial charge in [0, 0.05) is 49.5 Å². The summed E-state index contributed by atoms with van der Waals surface area (Å²) in [5, 5.41) is 12.8. The molecule has 1 aliphatic heterocycles. The van der Waals surface area contributed by atoms with Crippen molar-refractivity contribution in [1.29, 1.82) is 0 Å². The lowest BCUT2D eigenvalue weighted by atomic mass is 9.92. The fourth-order valence-electron chi connectivity index (χ4n) is 4.32. The first-order valence-corrected chi connectivity index (χ1v) is 11.6. The van der Waals surface area contributed by atoms with Gasteiger partial charge in [-0.1, -0.05) is 12.7 Å². The molecule has 34 heavy (non-hydrogen) atoms. The van der Waals surface area contributed by atoms with E-state index in [2.05, 4.69) is 43.9 Å². The van der Waals surface area contributed by atoms with E-state index >= 15 is 0 Å². The molecular weight excluding hydrogens is 434 g/mol. The SMILES string of the molecule is C=C/C=N\C(C(=O)N[C@H]1CC[C@@H](Oc2cc(N3CCOCC3)cc3nccnc23)CC1)=C(/C)O. The minimum Gasteiger partial charge on any atom is -0.510 e. The molecule has 0 radical (unpaired) electrons. The molecule has 2 fully saturated rings. The van der Waals surface area contributed by atoms with E-state index in [0.29, 0.717) is 13.2 Å². The van der Waals surface area contributed by atoms with Gasteiger partial charge in [-0.05, 0) is 38.7 Å². The minimum absolute atomic E-state index is 0.00292. The van der Waals surface area contributed by atoms with E-state index in [1.165, 1.54) is 19.2 Å². The fraction of sp³-hybridized carbons (Fsp3) is 0.440. The predicted octanol–water partition coefficient (Wildman–Crippen LogP) is 3.32. The molecule has 0 unspecified atom stereocenters. The van der Waals surface area contributed by atoms with Crippen molar-refractivity contribution in [3.8, 4) is 5.75 Å². The molecule has 1 amide bonds. The highest BCUT2D eigenvalue weighted by atomic mass is 16.5. The maximum atomic E-state index is 12.5. The van der Waals surface area contributed by atoms with E-state index in [-0.39, 0.29) is 29.5 Å². The van der Waals surface area contributed by atoms with Gasteiger partial charge in [-0.25, -0.2) is 9.98 Å². The van der Waals surface area contributed by atoms with E-state index in [4.69, 9.17) is 9.47 Å². The van der Waals surface area contributed by atoms with Gasteiger partial charge in [-0.2, -0.15) is 0 Å². The number of hydrogen-bond acceptors (Lipinski definition) is 8. The van der Waals surface area contributed by atoms with Crippen molar-refractivity contribution in [2.75, 3.05) is 31.2 Å². The standard InChI is InChI=1S/C25H31N5O4/c1-3-8-27-23(17(2)31)25(32)29-18-4-6-20(7-5-18)34-22-16-19(30-11-13-33-14-12-30)15-21-24(22)28-10-9-26-21/h3,8-10,15-16,18,20,31H,1,4-7,11-14H2,2H3,(H,29,32)/b23-17+,27-8-/t18-,20+. The number of carbonyl (C=O) groups excluding carboxylic acids is 1. The van der Waals surface area contributed by atoms with Crippen LogP contribution in [0.1, 0.15) is 32.6 Å². The second-order valence-electron chi connectivity index (χ2n) is 8.48. The van der Waals surface area contributed by atoms with Crippen LogP contribution in [-0.2, 0) is 9.53 Å². The summed E-state index contributed by atoms with van der Waals surface area (Å²) in [6.45, 7) is 8.06. The molecule has 4 rings (SSSR count). The summed E-state index contributed by atoms with van der Waals surface area (Å²) < 4.78 is 11.9. The molecule has 1 saturated heterocycles. The van der Waals surface area contributed by atoms with Crippen LogP contribution in [0, 0.1) is 0 Å². The Kier molecular flexibility index (Phi) is 7.74. The number of aliphatic imine (C=N–C) groups is 1. The quantitative estimate of drug-likeness (QED) is 0.367. The first-order valence-electron chi connectivity index (χ1n) is 11.6. The molecule has 0 spiro atoms. The van der Waals surface area contributed by atoms with E-state index in [9.17, 15) is 9.90 Å². The number of carbonyl (C=O) groups is 1. The molecule has 2 aliphatic rings. The monoisotopic (exact) mass is 465 g/mol. The number of nitrogens with zero attached hydrogens (tertiary/aromatic N) is 4. The van der Waals surface area contributed by atoms with Crippen molar-refractivity contribution in [2.45, 2.75) is 44.8 Å². The second-order valence-corrected chi connectivity index (χ2v) is 8.48. The number of amides is 1. The Morgan fingerprint density at radius 3 is 2.68 bits per heavy atom. The molecule has 0 atom stereocenters. The summed E-state index contributed by atoms with van der Waals surface area (Å²) in [6, 6.07) is 4.10. The molecule has 9 heteroatoms. The number of aromatic nitrogens is 2. The number of rotatable bonds is 7. The maximum Gasteiger partial charge on any atom is 0.273 e. The third-order valence-corrected chi connectivity index (χ3v) is 6.07. The van der Waals surface area contributed by atoms with Gasteiger partial charge in [0.25, 0.3) is 5.91 Å². The number of morpholine rings is 1. The smallest absolute Gasteiger partial charge is 0.273 e. The molecule has 2 heterocycles. The maximum absolute atomic E-state index is 12.5. The van der Waals surface area contributed by atoms with Crippen molar-refractivity contribution in [2.24, 2.45) is 4.99 Å². The molecule has 1 aromatic heterocycles. The van der Waals surface area contributed by atoms with Gasteiger partial charge in [0.2, 0.25) is 0 Å². The lowest BCUT2D eigenvalue weighted by molar-refractivity contribution is -0.118. The first-order chi connectivity index (χ1) is 16.5. The Hall–Kier alpha value is -3.46. The van der Waals surface area contributed by atoms with E-state index < -0.39 is 0 Å². The van der Waals surface area contributed by atoms with Crippen LogP contribution in [0.2, 0.25) is 0 Å². The number of nitrogens with one attached hydrogen (secondary N) is 1. The van der Waals surface area contributed by atoms with Gasteiger partial charge in [-0.15, -0.1) is 0 Å². The number of hydrogen-bond donors (Lipinski definition) is 2. The van der Waals surface area contributed by atoms with Crippen molar-refractivity contribution in [3.05, 3.63) is 48.6 Å². The van der Waals surface area contributed by atoms with E-state index in [0.717, 1.165) is 61.2 Å². The highest BCUT2D eigenvalue weighted by molar-refractivity contribution is 5.95. The molecule has 180 valence electrons. The van der Waals surface area contributed by atoms with Gasteiger partial charge in [0.05, 0.1) is 24.8 Å². The van der Waals surface area contributed by atoms with Crippen molar-refractivity contribution >= 4 is 28.8 Å². The number of aliphatic hydroxyl groups is 1. The third kappa shape index (κ3) is 5.72. The zero-order valence-corrected chi connectivity index (χ0v) is 19.4. The normalized spacial score (nSPS) is 21.9. The Bertz CT molecular complexity index is 1080. The highest BCUT2D eigenvalue weighted by Crippen LogP contribution is 2.33. The molecule has 1 aromatic carbocycles. The van der Waals surface area contributed by atoms with Gasteiger partial charge >= 0.3 is 0 Å². The summed E-state index contributed by atoms with van der Waals surface area (Å²) in [6.07, 6.45) is 9.37. The number of benzene rings is 1. The third-order valence-electron chi connectivity index (χ3n) is 6.07. The lowest BCUT2D eigenvalue weighted by Gasteiger charge is -2.31. The van der Waals surface area contributed by atoms with Gasteiger partial charge in [0.1, 0.15) is 17.0 Å². The largest absolute Gasteiger partial charge is 0.510 e. The number of fused-ring (bicyclic) bond motifs is 1. The first kappa shape index (κ1) is 23.7. The molecule has 2 aromatic rings. The predicted molar refractivity (Wildman–Crippen MR) is 131 cm³/mol. The molecule has 2 N–H and O–H groups in total. The zero-order chi connectivity index (χ0) is 23.9. The van der Waals surface area contributed by atoms with E-state index in [1.807, 2.05) is 0 Å². The number of allylic oxidation sites excluding steroid dienone is 2. The Morgan fingerprint density at radius 2 is 1.97 bits per heavy atom. The van der Waals surface area contributed by atoms with Crippen molar-refractivity contribution < 1.29 is 19.4 Å². The molecule has 0 bridgehead atoms. The lowest BCUT2D eigenvalue weighted by Crippen LogP contribution is -2.40. The van der Waals surface area contributed by atoms with Crippen LogP contribution >= 0.6 is 0 Å². The van der Waals surface area contributed by atoms with Crippen LogP contribution in [0.5, 0.6) is 5.75 Å². The summed E-state index contributed by atoms with van der Waals surface area (Å²) >= 11 is 0. The average molecular weight is 466 g/mol. The average Bonchev–Trinajstić information content (AvgIpc) is 2.85. The van der Waals surface area contributed by atoms with Crippen LogP contribution in [0.15, 0.2) is 53.6 Å². The summed E-state index contributed by atoms with van der Waals surface area (Å²) in [4.78, 5) is 27.8. The van der Waals surface area contributed by atoms with Crippen LogP contribution in [0.3, 0.4) is 0 Å². The van der Waals surface area contributed by atoms with Crippen molar-refractivity contribution in [3.63, 3.8) is 0 Å². The molecule has 9 nitrogen and oxygen atoms in total. The molecular formula is C25H31N5O4. The van der Waals surface area contributed by atoms with Crippen LogP contribution < -0.4 is 15.0 Å². The van der Waals surface area contributed by atoms with Gasteiger partial charge in [0.15, 0.2) is 5.70 Å². The number of anilines is 1. The number of aliphatic hydroxyl groups excluding tert-OH is 1. The topological polar surface area (TPSA) is 109 Å². The Labute approximate surface area is 199 Å². The summed E-state index contributed by atoms with van der Waals surface area (Å²) in [5.41, 5.74) is 2.62. The highest BCUT2D eigenvalue weighted by Gasteiger charge is 2.26.